The number of piperidine rings is 1. The third-order valence-corrected chi connectivity index (χ3v) is 7.41. The highest BCUT2D eigenvalue weighted by Gasteiger charge is 2.34. The summed E-state index contributed by atoms with van der Waals surface area (Å²) in [4.78, 5) is 27.5. The monoisotopic (exact) mass is 509 g/mol. The number of aliphatic imine (C=N–C) groups is 1. The Morgan fingerprint density at radius 1 is 1.11 bits per heavy atom. The van der Waals surface area contributed by atoms with E-state index in [0.29, 0.717) is 37.8 Å². The molecule has 8 nitrogen and oxygen atoms in total. The number of aromatic nitrogens is 1. The zero-order valence-corrected chi connectivity index (χ0v) is 21.5. The first-order valence-electron chi connectivity index (χ1n) is 13.3. The molecule has 1 unspecified atom stereocenters. The molecular formula is C28H36FN5O3. The molecule has 0 N–H and O–H groups in total. The average Bonchev–Trinajstić information content (AvgIpc) is 2.94. The SMILES string of the molecule is CN1C(=O)CC(c2ccncc2F)N=C1N1CCO[C@@H](c2ccc(OCCCN3CCCCC3)cc2)C1. The second kappa shape index (κ2) is 12.0. The van der Waals surface area contributed by atoms with Gasteiger partial charge in [-0.1, -0.05) is 18.6 Å². The molecule has 2 atom stereocenters. The summed E-state index contributed by atoms with van der Waals surface area (Å²) >= 11 is 0. The fourth-order valence-corrected chi connectivity index (χ4v) is 5.29. The number of morpholine rings is 1. The lowest BCUT2D eigenvalue weighted by atomic mass is 10.0. The van der Waals surface area contributed by atoms with E-state index in [2.05, 4.69) is 14.8 Å². The average molecular weight is 510 g/mol. The Morgan fingerprint density at radius 2 is 1.92 bits per heavy atom. The molecule has 2 fully saturated rings. The van der Waals surface area contributed by atoms with Crippen molar-refractivity contribution in [3.63, 3.8) is 0 Å². The first-order chi connectivity index (χ1) is 18.1. The van der Waals surface area contributed by atoms with E-state index >= 15 is 0 Å². The Labute approximate surface area is 218 Å². The Hall–Kier alpha value is -3.04. The lowest BCUT2D eigenvalue weighted by molar-refractivity contribution is -0.128. The quantitative estimate of drug-likeness (QED) is 0.529. The van der Waals surface area contributed by atoms with Gasteiger partial charge in [-0.05, 0) is 56.1 Å². The lowest BCUT2D eigenvalue weighted by Gasteiger charge is -2.40. The zero-order valence-electron chi connectivity index (χ0n) is 21.5. The zero-order chi connectivity index (χ0) is 25.6. The summed E-state index contributed by atoms with van der Waals surface area (Å²) in [6.45, 7) is 5.90. The Kier molecular flexibility index (Phi) is 8.31. The Balaban J connectivity index is 1.19. The van der Waals surface area contributed by atoms with E-state index in [1.165, 1.54) is 44.7 Å². The molecule has 37 heavy (non-hydrogen) atoms. The number of carbonyl (C=O) groups excluding carboxylic acids is 1. The molecule has 0 bridgehead atoms. The minimum absolute atomic E-state index is 0.0870. The van der Waals surface area contributed by atoms with Crippen LogP contribution in [0.4, 0.5) is 4.39 Å². The van der Waals surface area contributed by atoms with Gasteiger partial charge in [0.05, 0.1) is 38.4 Å². The van der Waals surface area contributed by atoms with E-state index in [1.807, 2.05) is 24.3 Å². The number of ether oxygens (including phenoxy) is 2. The highest BCUT2D eigenvalue weighted by atomic mass is 19.1. The minimum atomic E-state index is -0.561. The van der Waals surface area contributed by atoms with Crippen molar-refractivity contribution in [1.29, 1.82) is 0 Å². The van der Waals surface area contributed by atoms with Gasteiger partial charge in [-0.25, -0.2) is 9.38 Å². The number of carbonyl (C=O) groups is 1. The van der Waals surface area contributed by atoms with Crippen molar-refractivity contribution >= 4 is 11.9 Å². The summed E-state index contributed by atoms with van der Waals surface area (Å²) in [6, 6.07) is 9.11. The number of hydrogen-bond donors (Lipinski definition) is 0. The summed E-state index contributed by atoms with van der Waals surface area (Å²) in [5.74, 6) is 0.885. The van der Waals surface area contributed by atoms with E-state index < -0.39 is 11.9 Å². The predicted molar refractivity (Wildman–Crippen MR) is 139 cm³/mol. The van der Waals surface area contributed by atoms with Gasteiger partial charge in [0, 0.05) is 31.9 Å². The molecule has 2 aromatic rings. The first kappa shape index (κ1) is 25.6. The molecule has 0 aliphatic carbocycles. The van der Waals surface area contributed by atoms with Gasteiger partial charge in [0.1, 0.15) is 17.7 Å². The number of hydrogen-bond acceptors (Lipinski definition) is 7. The van der Waals surface area contributed by atoms with Crippen LogP contribution in [0.1, 0.15) is 55.4 Å². The minimum Gasteiger partial charge on any atom is -0.494 e. The van der Waals surface area contributed by atoms with Crippen molar-refractivity contribution in [2.45, 2.75) is 44.2 Å². The van der Waals surface area contributed by atoms with E-state index in [9.17, 15) is 9.18 Å². The van der Waals surface area contributed by atoms with E-state index in [4.69, 9.17) is 14.5 Å². The lowest BCUT2D eigenvalue weighted by Crippen LogP contribution is -2.52. The number of amides is 1. The van der Waals surface area contributed by atoms with E-state index in [1.54, 1.807) is 18.0 Å². The molecule has 1 aromatic heterocycles. The second-order valence-electron chi connectivity index (χ2n) is 9.98. The van der Waals surface area contributed by atoms with Gasteiger partial charge in [-0.3, -0.25) is 14.7 Å². The van der Waals surface area contributed by atoms with Gasteiger partial charge in [-0.15, -0.1) is 0 Å². The number of halogens is 1. The fraction of sp³-hybridized carbons (Fsp3) is 0.536. The second-order valence-corrected chi connectivity index (χ2v) is 9.98. The van der Waals surface area contributed by atoms with Crippen molar-refractivity contribution in [1.82, 2.24) is 19.7 Å². The number of likely N-dealkylation sites (tertiary alicyclic amines) is 1. The molecule has 3 aliphatic rings. The maximum Gasteiger partial charge on any atom is 0.231 e. The van der Waals surface area contributed by atoms with Crippen LogP contribution in [-0.4, -0.2) is 84.5 Å². The maximum absolute atomic E-state index is 14.4. The highest BCUT2D eigenvalue weighted by Crippen LogP contribution is 2.31. The Morgan fingerprint density at radius 3 is 2.70 bits per heavy atom. The molecule has 2 saturated heterocycles. The predicted octanol–water partition coefficient (Wildman–Crippen LogP) is 3.81. The van der Waals surface area contributed by atoms with Crippen LogP contribution < -0.4 is 4.74 Å². The smallest absolute Gasteiger partial charge is 0.231 e. The van der Waals surface area contributed by atoms with Crippen LogP contribution in [0.5, 0.6) is 5.75 Å². The van der Waals surface area contributed by atoms with Gasteiger partial charge < -0.3 is 19.3 Å². The molecule has 0 saturated carbocycles. The molecule has 0 radical (unpaired) electrons. The molecule has 4 heterocycles. The normalized spacial score (nSPS) is 23.2. The van der Waals surface area contributed by atoms with Crippen LogP contribution in [0, 0.1) is 5.82 Å². The molecule has 198 valence electrons. The third kappa shape index (κ3) is 6.27. The van der Waals surface area contributed by atoms with Crippen molar-refractivity contribution < 1.29 is 18.7 Å². The molecule has 0 spiro atoms. The number of pyridine rings is 1. The number of benzene rings is 1. The summed E-state index contributed by atoms with van der Waals surface area (Å²) in [5, 5.41) is 0. The maximum atomic E-state index is 14.4. The van der Waals surface area contributed by atoms with Gasteiger partial charge in [0.2, 0.25) is 11.9 Å². The summed E-state index contributed by atoms with van der Waals surface area (Å²) < 4.78 is 26.4. The van der Waals surface area contributed by atoms with Crippen LogP contribution >= 0.6 is 0 Å². The Bertz CT molecular complexity index is 1090. The first-order valence-corrected chi connectivity index (χ1v) is 13.3. The summed E-state index contributed by atoms with van der Waals surface area (Å²) in [6.07, 6.45) is 7.68. The third-order valence-electron chi connectivity index (χ3n) is 7.41. The molecule has 5 rings (SSSR count). The van der Waals surface area contributed by atoms with Crippen molar-refractivity contribution in [2.75, 3.05) is 53.0 Å². The fourth-order valence-electron chi connectivity index (χ4n) is 5.29. The largest absolute Gasteiger partial charge is 0.494 e. The summed E-state index contributed by atoms with van der Waals surface area (Å²) in [5.41, 5.74) is 1.44. The number of guanidine groups is 1. The number of nitrogens with zero attached hydrogens (tertiary/aromatic N) is 5. The highest BCUT2D eigenvalue weighted by molar-refractivity contribution is 5.99. The van der Waals surface area contributed by atoms with Crippen LogP contribution in [0.3, 0.4) is 0 Å². The van der Waals surface area contributed by atoms with Gasteiger partial charge >= 0.3 is 0 Å². The van der Waals surface area contributed by atoms with Crippen molar-refractivity contribution in [3.8, 4) is 5.75 Å². The molecule has 3 aliphatic heterocycles. The molecule has 1 aromatic carbocycles. The van der Waals surface area contributed by atoms with Crippen molar-refractivity contribution in [3.05, 3.63) is 59.7 Å². The van der Waals surface area contributed by atoms with Crippen LogP contribution in [0.25, 0.3) is 0 Å². The number of rotatable bonds is 7. The van der Waals surface area contributed by atoms with E-state index in [-0.39, 0.29) is 18.4 Å². The summed E-state index contributed by atoms with van der Waals surface area (Å²) in [7, 11) is 1.72. The van der Waals surface area contributed by atoms with Crippen LogP contribution in [-0.2, 0) is 9.53 Å². The van der Waals surface area contributed by atoms with Gasteiger partial charge in [-0.2, -0.15) is 0 Å². The van der Waals surface area contributed by atoms with Gasteiger partial charge in [0.25, 0.3) is 0 Å². The van der Waals surface area contributed by atoms with Crippen molar-refractivity contribution in [2.24, 2.45) is 4.99 Å². The van der Waals surface area contributed by atoms with E-state index in [0.717, 1.165) is 24.3 Å². The van der Waals surface area contributed by atoms with Crippen LogP contribution in [0.2, 0.25) is 0 Å². The van der Waals surface area contributed by atoms with Crippen LogP contribution in [0.15, 0.2) is 47.7 Å². The molecular weight excluding hydrogens is 473 g/mol. The molecule has 1 amide bonds. The molecule has 9 heteroatoms. The van der Waals surface area contributed by atoms with Gasteiger partial charge in [0.15, 0.2) is 0 Å². The standard InChI is InChI=1S/C28H36FN5O3/c1-32-27(35)18-25(23-10-11-30-19-24(23)29)31-28(32)34-15-17-37-26(20-34)21-6-8-22(9-7-21)36-16-5-14-33-12-3-2-4-13-33/h6-11,19,25-26H,2-5,12-18,20H2,1H3/t25?,26-/m1/s1. The topological polar surface area (TPSA) is 70.5 Å².